The van der Waals surface area contributed by atoms with Gasteiger partial charge in [0, 0.05) is 55.3 Å². The molecule has 0 aromatic heterocycles. The Labute approximate surface area is 231 Å². The molecule has 0 N–H and O–H groups in total. The molecule has 0 bridgehead atoms. The van der Waals surface area contributed by atoms with Crippen molar-refractivity contribution in [2.24, 2.45) is 10.6 Å². The van der Waals surface area contributed by atoms with Gasteiger partial charge in [0.2, 0.25) is 5.78 Å². The van der Waals surface area contributed by atoms with Crippen LogP contribution in [0.5, 0.6) is 0 Å². The van der Waals surface area contributed by atoms with Crippen LogP contribution >= 0.6 is 35.1 Å². The number of ketones is 2. The SMILES string of the molecule is CC(=O)ON=C(CCSc1ccc(Cl)cc1)C(=O)c1ccc(Sc2ccc(C(=O)C(C)(C)C)cc2)cc1. The molecule has 3 aromatic carbocycles. The Morgan fingerprint density at radius 3 is 1.84 bits per heavy atom. The van der Waals surface area contributed by atoms with Crippen LogP contribution in [0.1, 0.15) is 54.8 Å². The van der Waals surface area contributed by atoms with Crippen LogP contribution in [-0.2, 0) is 9.63 Å². The average molecular weight is 554 g/mol. The van der Waals surface area contributed by atoms with E-state index < -0.39 is 11.4 Å². The summed E-state index contributed by atoms with van der Waals surface area (Å²) in [6.45, 7) is 6.96. The van der Waals surface area contributed by atoms with E-state index in [4.69, 9.17) is 16.4 Å². The van der Waals surface area contributed by atoms with Crippen molar-refractivity contribution in [2.75, 3.05) is 5.75 Å². The van der Waals surface area contributed by atoms with Crippen LogP contribution < -0.4 is 0 Å². The molecule has 0 unspecified atom stereocenters. The second kappa shape index (κ2) is 13.1. The molecule has 0 aliphatic rings. The van der Waals surface area contributed by atoms with Gasteiger partial charge in [0.1, 0.15) is 5.71 Å². The van der Waals surface area contributed by atoms with Crippen LogP contribution in [0.25, 0.3) is 0 Å². The van der Waals surface area contributed by atoms with E-state index in [9.17, 15) is 14.4 Å². The van der Waals surface area contributed by atoms with E-state index in [0.717, 1.165) is 14.7 Å². The molecule has 3 rings (SSSR count). The van der Waals surface area contributed by atoms with E-state index in [0.29, 0.717) is 28.3 Å². The number of carbonyl (C=O) groups is 3. The van der Waals surface area contributed by atoms with Crippen molar-refractivity contribution >= 4 is 58.4 Å². The van der Waals surface area contributed by atoms with Crippen molar-refractivity contribution < 1.29 is 19.2 Å². The molecular weight excluding hydrogens is 526 g/mol. The Morgan fingerprint density at radius 2 is 1.32 bits per heavy atom. The number of hydrogen-bond donors (Lipinski definition) is 0. The molecular formula is C29H28ClNO4S2. The van der Waals surface area contributed by atoms with Gasteiger partial charge in [-0.1, -0.05) is 61.4 Å². The third-order valence-electron chi connectivity index (χ3n) is 5.12. The fraction of sp³-hybridized carbons (Fsp3) is 0.241. The van der Waals surface area contributed by atoms with E-state index >= 15 is 0 Å². The Kier molecular flexibility index (Phi) is 10.1. The number of hydrogen-bond acceptors (Lipinski definition) is 7. The normalized spacial score (nSPS) is 11.8. The van der Waals surface area contributed by atoms with Crippen LogP contribution in [0.2, 0.25) is 5.02 Å². The van der Waals surface area contributed by atoms with Gasteiger partial charge in [0.25, 0.3) is 0 Å². The summed E-state index contributed by atoms with van der Waals surface area (Å²) in [5, 5.41) is 4.48. The zero-order valence-electron chi connectivity index (χ0n) is 21.1. The average Bonchev–Trinajstić information content (AvgIpc) is 2.86. The number of Topliss-reactive ketones (excluding diaryl/α,β-unsaturated/α-hetero) is 2. The molecule has 0 atom stereocenters. The summed E-state index contributed by atoms with van der Waals surface area (Å²) in [5.74, 6) is -0.198. The number of rotatable bonds is 10. The molecule has 0 aliphatic carbocycles. The van der Waals surface area contributed by atoms with Crippen molar-refractivity contribution in [3.8, 4) is 0 Å². The van der Waals surface area contributed by atoms with Crippen molar-refractivity contribution in [3.05, 3.63) is 88.9 Å². The van der Waals surface area contributed by atoms with E-state index in [-0.39, 0.29) is 17.3 Å². The van der Waals surface area contributed by atoms with Gasteiger partial charge in [-0.25, -0.2) is 4.79 Å². The zero-order valence-corrected chi connectivity index (χ0v) is 23.5. The highest BCUT2D eigenvalue weighted by molar-refractivity contribution is 7.99. The molecule has 0 heterocycles. The maximum absolute atomic E-state index is 13.1. The zero-order chi connectivity index (χ0) is 27.0. The number of halogens is 1. The Bertz CT molecular complexity index is 1280. The van der Waals surface area contributed by atoms with Gasteiger partial charge in [0.15, 0.2) is 5.78 Å². The highest BCUT2D eigenvalue weighted by atomic mass is 35.5. The molecule has 37 heavy (non-hydrogen) atoms. The summed E-state index contributed by atoms with van der Waals surface area (Å²) >= 11 is 9.02. The van der Waals surface area contributed by atoms with Crippen LogP contribution in [-0.4, -0.2) is 29.0 Å². The number of oxime groups is 1. The Hall–Kier alpha value is -2.87. The summed E-state index contributed by atoms with van der Waals surface area (Å²) in [4.78, 5) is 44.6. The first kappa shape index (κ1) is 28.7. The maximum atomic E-state index is 13.1. The fourth-order valence-corrected chi connectivity index (χ4v) is 5.00. The molecule has 0 saturated heterocycles. The van der Waals surface area contributed by atoms with E-state index in [1.165, 1.54) is 18.7 Å². The molecule has 0 amide bonds. The lowest BCUT2D eigenvalue weighted by molar-refractivity contribution is -0.140. The minimum Gasteiger partial charge on any atom is -0.318 e. The highest BCUT2D eigenvalue weighted by Crippen LogP contribution is 2.30. The van der Waals surface area contributed by atoms with Gasteiger partial charge >= 0.3 is 5.97 Å². The lowest BCUT2D eigenvalue weighted by atomic mass is 9.87. The van der Waals surface area contributed by atoms with E-state index in [1.54, 1.807) is 23.9 Å². The smallest absolute Gasteiger partial charge is 0.318 e. The first-order valence-electron chi connectivity index (χ1n) is 11.6. The first-order chi connectivity index (χ1) is 17.5. The molecule has 0 fully saturated rings. The predicted molar refractivity (Wildman–Crippen MR) is 151 cm³/mol. The summed E-state index contributed by atoms with van der Waals surface area (Å²) in [6.07, 6.45) is 0.329. The summed E-state index contributed by atoms with van der Waals surface area (Å²) in [5.41, 5.74) is 0.893. The van der Waals surface area contributed by atoms with E-state index in [2.05, 4.69) is 5.16 Å². The maximum Gasteiger partial charge on any atom is 0.331 e. The molecule has 0 radical (unpaired) electrons. The van der Waals surface area contributed by atoms with Crippen molar-refractivity contribution in [1.82, 2.24) is 0 Å². The number of benzene rings is 3. The van der Waals surface area contributed by atoms with Gasteiger partial charge in [-0.2, -0.15) is 0 Å². The molecule has 3 aromatic rings. The summed E-state index contributed by atoms with van der Waals surface area (Å²) in [7, 11) is 0. The number of thioether (sulfide) groups is 1. The third kappa shape index (κ3) is 8.88. The standard InChI is InChI=1S/C29H28ClNO4S2/c1-19(32)35-31-26(17-18-36-23-15-9-22(30)10-16-23)27(33)20-5-11-24(12-6-20)37-25-13-7-21(8-14-25)28(34)29(2,3)4/h5-16H,17-18H2,1-4H3. The van der Waals surface area contributed by atoms with Crippen LogP contribution in [0.15, 0.2) is 92.6 Å². The minimum atomic E-state index is -0.586. The van der Waals surface area contributed by atoms with Gasteiger partial charge in [-0.05, 0) is 60.7 Å². The molecule has 192 valence electrons. The van der Waals surface area contributed by atoms with Crippen LogP contribution in [0, 0.1) is 5.41 Å². The van der Waals surface area contributed by atoms with Crippen molar-refractivity contribution in [3.63, 3.8) is 0 Å². The van der Waals surface area contributed by atoms with Gasteiger partial charge < -0.3 is 4.84 Å². The monoisotopic (exact) mass is 553 g/mol. The Balaban J connectivity index is 1.65. The third-order valence-corrected chi connectivity index (χ3v) is 7.40. The Morgan fingerprint density at radius 1 is 0.811 bits per heavy atom. The second-order valence-electron chi connectivity index (χ2n) is 9.23. The van der Waals surface area contributed by atoms with Crippen molar-refractivity contribution in [2.45, 2.75) is 48.8 Å². The van der Waals surface area contributed by atoms with Crippen LogP contribution in [0.3, 0.4) is 0 Å². The first-order valence-corrected chi connectivity index (χ1v) is 13.8. The van der Waals surface area contributed by atoms with Crippen LogP contribution in [0.4, 0.5) is 0 Å². The molecule has 5 nitrogen and oxygen atoms in total. The lowest BCUT2D eigenvalue weighted by Gasteiger charge is -2.16. The van der Waals surface area contributed by atoms with Crippen molar-refractivity contribution in [1.29, 1.82) is 0 Å². The van der Waals surface area contributed by atoms with Gasteiger partial charge in [-0.15, -0.1) is 11.8 Å². The van der Waals surface area contributed by atoms with E-state index in [1.807, 2.05) is 81.4 Å². The quantitative estimate of drug-likeness (QED) is 0.0832. The lowest BCUT2D eigenvalue weighted by Crippen LogP contribution is -2.19. The largest absolute Gasteiger partial charge is 0.331 e. The summed E-state index contributed by atoms with van der Waals surface area (Å²) < 4.78 is 0. The number of nitrogens with zero attached hydrogens (tertiary/aromatic N) is 1. The summed E-state index contributed by atoms with van der Waals surface area (Å²) in [6, 6.07) is 22.1. The van der Waals surface area contributed by atoms with Gasteiger partial charge in [-0.3, -0.25) is 9.59 Å². The highest BCUT2D eigenvalue weighted by Gasteiger charge is 2.22. The topological polar surface area (TPSA) is 72.8 Å². The van der Waals surface area contributed by atoms with Gasteiger partial charge in [0.05, 0.1) is 0 Å². The fourth-order valence-electron chi connectivity index (χ4n) is 3.20. The molecule has 0 spiro atoms. The molecule has 8 heteroatoms. The molecule has 0 saturated carbocycles. The number of carbonyl (C=O) groups excluding carboxylic acids is 3. The second-order valence-corrected chi connectivity index (χ2v) is 12.0. The minimum absolute atomic E-state index is 0.102. The predicted octanol–water partition coefficient (Wildman–Crippen LogP) is 8.00. The molecule has 0 aliphatic heterocycles.